The second-order valence-electron chi connectivity index (χ2n) is 7.06. The third kappa shape index (κ3) is 3.88. The number of nitrogens with zero attached hydrogens (tertiary/aromatic N) is 3. The van der Waals surface area contributed by atoms with Gasteiger partial charge >= 0.3 is 5.69 Å². The van der Waals surface area contributed by atoms with E-state index in [0.717, 1.165) is 10.6 Å². The van der Waals surface area contributed by atoms with Crippen molar-refractivity contribution in [1.29, 1.82) is 0 Å². The molecule has 0 bridgehead atoms. The number of hydrogen-bond donors (Lipinski definition) is 1. The van der Waals surface area contributed by atoms with Crippen LogP contribution in [-0.2, 0) is 24.1 Å². The molecular weight excluding hydrogens is 387 g/mol. The summed E-state index contributed by atoms with van der Waals surface area (Å²) in [6, 6.07) is 3.28. The molecule has 1 saturated heterocycles. The molecule has 0 aliphatic carbocycles. The molecule has 3 rings (SSSR count). The zero-order chi connectivity index (χ0) is 20.6. The van der Waals surface area contributed by atoms with Crippen molar-refractivity contribution >= 4 is 15.7 Å². The van der Waals surface area contributed by atoms with Crippen molar-refractivity contribution in [1.82, 2.24) is 13.9 Å². The lowest BCUT2D eigenvalue weighted by Crippen LogP contribution is -2.47. The minimum atomic E-state index is -3.76. The first-order chi connectivity index (χ1) is 13.1. The molecule has 152 valence electrons. The van der Waals surface area contributed by atoms with Gasteiger partial charge in [-0.1, -0.05) is 0 Å². The van der Waals surface area contributed by atoms with Crippen molar-refractivity contribution < 1.29 is 12.8 Å². The van der Waals surface area contributed by atoms with Crippen LogP contribution in [0.4, 0.5) is 10.1 Å². The molecule has 0 spiro atoms. The summed E-state index contributed by atoms with van der Waals surface area (Å²) in [6.07, 6.45) is 2.52. The Morgan fingerprint density at radius 3 is 2.39 bits per heavy atom. The molecule has 10 heteroatoms. The summed E-state index contributed by atoms with van der Waals surface area (Å²) in [5, 5.41) is 0. The molecule has 0 saturated carbocycles. The van der Waals surface area contributed by atoms with Gasteiger partial charge in [-0.15, -0.1) is 0 Å². The van der Waals surface area contributed by atoms with E-state index in [2.05, 4.69) is 4.72 Å². The number of aromatic nitrogens is 2. The molecular formula is C18H23FN4O4S. The molecule has 2 aromatic rings. The highest BCUT2D eigenvalue weighted by Gasteiger charge is 2.27. The van der Waals surface area contributed by atoms with Gasteiger partial charge < -0.3 is 9.47 Å². The number of sulfonamides is 1. The summed E-state index contributed by atoms with van der Waals surface area (Å²) in [6.45, 7) is 2.50. The van der Waals surface area contributed by atoms with Crippen molar-refractivity contribution in [3.8, 4) is 0 Å². The molecule has 0 radical (unpaired) electrons. The number of piperidine rings is 1. The summed E-state index contributed by atoms with van der Waals surface area (Å²) in [5.41, 5.74) is -0.00551. The molecule has 1 aromatic heterocycles. The first-order valence-corrected chi connectivity index (χ1v) is 10.4. The molecule has 1 aromatic carbocycles. The largest absolute Gasteiger partial charge is 0.366 e. The van der Waals surface area contributed by atoms with Crippen molar-refractivity contribution in [3.05, 3.63) is 56.6 Å². The standard InChI is InChI=1S/C18H23FN4O4S/c1-12-10-13(19)4-5-16(12)28(26,27)20-14-6-8-23(9-7-14)15-11-21(2)18(25)22(3)17(15)24/h4-5,10-11,14,20H,6-9H2,1-3H3. The molecule has 0 unspecified atom stereocenters. The normalized spacial score (nSPS) is 15.8. The lowest BCUT2D eigenvalue weighted by molar-refractivity contribution is 0.457. The Balaban J connectivity index is 1.73. The highest BCUT2D eigenvalue weighted by Crippen LogP contribution is 2.20. The molecule has 0 amide bonds. The fraction of sp³-hybridized carbons (Fsp3) is 0.444. The Morgan fingerprint density at radius 2 is 1.79 bits per heavy atom. The molecule has 2 heterocycles. The predicted octanol–water partition coefficient (Wildman–Crippen LogP) is 0.479. The zero-order valence-electron chi connectivity index (χ0n) is 16.0. The molecule has 8 nitrogen and oxygen atoms in total. The fourth-order valence-electron chi connectivity index (χ4n) is 3.44. The van der Waals surface area contributed by atoms with Crippen LogP contribution >= 0.6 is 0 Å². The van der Waals surface area contributed by atoms with Crippen LogP contribution in [0.2, 0.25) is 0 Å². The number of nitrogens with one attached hydrogen (secondary N) is 1. The highest BCUT2D eigenvalue weighted by atomic mass is 32.2. The third-order valence-electron chi connectivity index (χ3n) is 5.01. The van der Waals surface area contributed by atoms with Gasteiger partial charge in [-0.3, -0.25) is 9.36 Å². The van der Waals surface area contributed by atoms with E-state index in [1.807, 2.05) is 4.90 Å². The monoisotopic (exact) mass is 410 g/mol. The smallest absolute Gasteiger partial charge is 0.330 e. The van der Waals surface area contributed by atoms with E-state index >= 15 is 0 Å². The van der Waals surface area contributed by atoms with E-state index in [9.17, 15) is 22.4 Å². The number of hydrogen-bond acceptors (Lipinski definition) is 5. The summed E-state index contributed by atoms with van der Waals surface area (Å²) < 4.78 is 43.6. The van der Waals surface area contributed by atoms with Crippen LogP contribution in [0.5, 0.6) is 0 Å². The van der Waals surface area contributed by atoms with E-state index in [-0.39, 0.29) is 16.5 Å². The first kappa shape index (κ1) is 20.3. The quantitative estimate of drug-likeness (QED) is 0.791. The average molecular weight is 410 g/mol. The summed E-state index contributed by atoms with van der Waals surface area (Å²) in [7, 11) is -0.752. The van der Waals surface area contributed by atoms with E-state index in [4.69, 9.17) is 0 Å². The first-order valence-electron chi connectivity index (χ1n) is 8.90. The maximum absolute atomic E-state index is 13.2. The lowest BCUT2D eigenvalue weighted by Gasteiger charge is -2.33. The van der Waals surface area contributed by atoms with E-state index in [1.54, 1.807) is 14.0 Å². The minimum Gasteiger partial charge on any atom is -0.366 e. The summed E-state index contributed by atoms with van der Waals surface area (Å²) in [5.74, 6) is -0.483. The van der Waals surface area contributed by atoms with Crippen LogP contribution in [0.15, 0.2) is 38.9 Å². The van der Waals surface area contributed by atoms with Gasteiger partial charge in [-0.2, -0.15) is 0 Å². The summed E-state index contributed by atoms with van der Waals surface area (Å²) in [4.78, 5) is 26.1. The second-order valence-corrected chi connectivity index (χ2v) is 8.75. The van der Waals surface area contributed by atoms with Gasteiger partial charge in [0.05, 0.1) is 4.90 Å². The molecule has 0 atom stereocenters. The van der Waals surface area contributed by atoms with Crippen molar-refractivity contribution in [2.45, 2.75) is 30.7 Å². The molecule has 28 heavy (non-hydrogen) atoms. The Hall–Kier alpha value is -2.46. The summed E-state index contributed by atoms with van der Waals surface area (Å²) >= 11 is 0. The number of rotatable bonds is 4. The number of benzene rings is 1. The fourth-order valence-corrected chi connectivity index (χ4v) is 4.97. The van der Waals surface area contributed by atoms with Gasteiger partial charge in [0.1, 0.15) is 11.5 Å². The zero-order valence-corrected chi connectivity index (χ0v) is 16.8. The highest BCUT2D eigenvalue weighted by molar-refractivity contribution is 7.89. The van der Waals surface area contributed by atoms with Crippen LogP contribution in [-0.4, -0.2) is 36.7 Å². The predicted molar refractivity (Wildman–Crippen MR) is 104 cm³/mol. The van der Waals surface area contributed by atoms with E-state index < -0.39 is 21.5 Å². The van der Waals surface area contributed by atoms with Gasteiger partial charge in [-0.25, -0.2) is 22.3 Å². The Labute approximate surface area is 162 Å². The Morgan fingerprint density at radius 1 is 1.14 bits per heavy atom. The maximum atomic E-state index is 13.2. The number of aryl methyl sites for hydroxylation is 2. The van der Waals surface area contributed by atoms with Crippen molar-refractivity contribution in [2.24, 2.45) is 14.1 Å². The van der Waals surface area contributed by atoms with Crippen LogP contribution in [0.1, 0.15) is 18.4 Å². The van der Waals surface area contributed by atoms with Crippen LogP contribution in [0, 0.1) is 12.7 Å². The molecule has 1 aliphatic heterocycles. The molecule has 1 aliphatic rings. The van der Waals surface area contributed by atoms with Crippen molar-refractivity contribution in [3.63, 3.8) is 0 Å². The van der Waals surface area contributed by atoms with Gasteiger partial charge in [0.2, 0.25) is 10.0 Å². The molecule has 1 N–H and O–H groups in total. The van der Waals surface area contributed by atoms with Gasteiger partial charge in [0.25, 0.3) is 5.56 Å². The molecule has 1 fully saturated rings. The topological polar surface area (TPSA) is 93.4 Å². The maximum Gasteiger partial charge on any atom is 0.330 e. The SMILES string of the molecule is Cc1cc(F)ccc1S(=O)(=O)NC1CCN(c2cn(C)c(=O)n(C)c2=O)CC1. The van der Waals surface area contributed by atoms with Crippen LogP contribution in [0.25, 0.3) is 0 Å². The van der Waals surface area contributed by atoms with E-state index in [0.29, 0.717) is 37.2 Å². The van der Waals surface area contributed by atoms with Crippen LogP contribution < -0.4 is 20.9 Å². The Kier molecular flexibility index (Phi) is 5.44. The second kappa shape index (κ2) is 7.51. The lowest BCUT2D eigenvalue weighted by atomic mass is 10.1. The van der Waals surface area contributed by atoms with Crippen molar-refractivity contribution in [2.75, 3.05) is 18.0 Å². The van der Waals surface area contributed by atoms with Gasteiger partial charge in [-0.05, 0) is 43.5 Å². The number of anilines is 1. The third-order valence-corrected chi connectivity index (χ3v) is 6.69. The minimum absolute atomic E-state index is 0.0586. The number of halogens is 1. The van der Waals surface area contributed by atoms with Gasteiger partial charge in [0, 0.05) is 39.4 Å². The van der Waals surface area contributed by atoms with Crippen LogP contribution in [0.3, 0.4) is 0 Å². The van der Waals surface area contributed by atoms with E-state index in [1.165, 1.54) is 29.9 Å². The Bertz CT molecular complexity index is 1120. The van der Waals surface area contributed by atoms with Gasteiger partial charge in [0.15, 0.2) is 0 Å². The average Bonchev–Trinajstić information content (AvgIpc) is 2.63.